The van der Waals surface area contributed by atoms with Crippen LogP contribution < -0.4 is 0 Å². The van der Waals surface area contributed by atoms with Gasteiger partial charge in [-0.25, -0.2) is 0 Å². The molecule has 0 saturated carbocycles. The number of carbonyl (C=O) groups is 1. The highest BCUT2D eigenvalue weighted by Crippen LogP contribution is 2.34. The van der Waals surface area contributed by atoms with Crippen molar-refractivity contribution in [3.05, 3.63) is 21.4 Å². The van der Waals surface area contributed by atoms with E-state index in [0.717, 1.165) is 36.5 Å². The molecule has 110 valence electrons. The molecule has 20 heavy (non-hydrogen) atoms. The largest absolute Gasteiger partial charge is 0.386 e. The van der Waals surface area contributed by atoms with Crippen molar-refractivity contribution >= 4 is 17.2 Å². The maximum Gasteiger partial charge on any atom is 0.264 e. The number of rotatable bonds is 3. The first-order chi connectivity index (χ1) is 9.50. The van der Waals surface area contributed by atoms with Crippen LogP contribution in [0.4, 0.5) is 0 Å². The minimum Gasteiger partial charge on any atom is -0.386 e. The summed E-state index contributed by atoms with van der Waals surface area (Å²) in [5, 5.41) is 10.2. The molecule has 0 aromatic carbocycles. The van der Waals surface area contributed by atoms with Gasteiger partial charge in [-0.05, 0) is 43.2 Å². The normalized spacial score (nSPS) is 24.1. The second kappa shape index (κ2) is 5.15. The summed E-state index contributed by atoms with van der Waals surface area (Å²) in [6.45, 7) is 5.34. The van der Waals surface area contributed by atoms with E-state index in [2.05, 4.69) is 19.9 Å². The van der Waals surface area contributed by atoms with Crippen LogP contribution in [0.15, 0.2) is 6.07 Å². The molecule has 0 spiro atoms. The number of thiophene rings is 1. The molecule has 1 fully saturated rings. The molecule has 3 nitrogen and oxygen atoms in total. The number of fused-ring (bicyclic) bond motifs is 1. The van der Waals surface area contributed by atoms with Gasteiger partial charge in [-0.2, -0.15) is 0 Å². The van der Waals surface area contributed by atoms with Gasteiger partial charge in [-0.1, -0.05) is 20.3 Å². The standard InChI is InChI=1S/C16H23NO2S/c1-3-6-16(19)9-17(10-16)15(18)14-8-12-7-11(2)4-5-13(12)20-14/h8,11,19H,3-7,9-10H2,1-2H3. The molecule has 0 radical (unpaired) electrons. The van der Waals surface area contributed by atoms with Crippen LogP contribution in [0.25, 0.3) is 0 Å². The lowest BCUT2D eigenvalue weighted by Gasteiger charge is -2.46. The van der Waals surface area contributed by atoms with E-state index in [9.17, 15) is 9.90 Å². The maximum absolute atomic E-state index is 12.4. The van der Waals surface area contributed by atoms with Gasteiger partial charge in [0.15, 0.2) is 0 Å². The summed E-state index contributed by atoms with van der Waals surface area (Å²) in [6.07, 6.45) is 5.22. The third-order valence-corrected chi connectivity index (χ3v) is 5.74. The minimum atomic E-state index is -0.629. The zero-order chi connectivity index (χ0) is 14.3. The van der Waals surface area contributed by atoms with E-state index in [0.29, 0.717) is 13.1 Å². The SMILES string of the molecule is CCCC1(O)CN(C(=O)c2cc3c(s2)CCC(C)C3)C1. The topological polar surface area (TPSA) is 40.5 Å². The number of amides is 1. The third-order valence-electron chi connectivity index (χ3n) is 4.51. The van der Waals surface area contributed by atoms with Crippen molar-refractivity contribution in [3.8, 4) is 0 Å². The van der Waals surface area contributed by atoms with Crippen LogP contribution in [0.2, 0.25) is 0 Å². The van der Waals surface area contributed by atoms with Gasteiger partial charge in [0.25, 0.3) is 5.91 Å². The molecule has 1 aromatic heterocycles. The van der Waals surface area contributed by atoms with E-state index in [1.807, 2.05) is 0 Å². The summed E-state index contributed by atoms with van der Waals surface area (Å²) in [5.41, 5.74) is 0.747. The van der Waals surface area contributed by atoms with Crippen LogP contribution in [0.1, 0.15) is 53.2 Å². The molecule has 3 rings (SSSR count). The minimum absolute atomic E-state index is 0.109. The molecule has 1 aliphatic heterocycles. The molecule has 1 N–H and O–H groups in total. The van der Waals surface area contributed by atoms with Gasteiger partial charge in [-0.15, -0.1) is 11.3 Å². The van der Waals surface area contributed by atoms with Crippen LogP contribution in [0.5, 0.6) is 0 Å². The summed E-state index contributed by atoms with van der Waals surface area (Å²) < 4.78 is 0. The fourth-order valence-corrected chi connectivity index (χ4v) is 4.57. The Bertz CT molecular complexity index is 517. The van der Waals surface area contributed by atoms with Crippen molar-refractivity contribution in [1.29, 1.82) is 0 Å². The highest BCUT2D eigenvalue weighted by Gasteiger charge is 2.43. The average molecular weight is 293 g/mol. The van der Waals surface area contributed by atoms with E-state index in [-0.39, 0.29) is 5.91 Å². The molecule has 4 heteroatoms. The third kappa shape index (κ3) is 2.51. The zero-order valence-corrected chi connectivity index (χ0v) is 13.1. The van der Waals surface area contributed by atoms with Crippen molar-refractivity contribution in [2.45, 2.75) is 51.6 Å². The molecule has 1 aliphatic carbocycles. The van der Waals surface area contributed by atoms with Crippen LogP contribution in [-0.4, -0.2) is 34.6 Å². The van der Waals surface area contributed by atoms with E-state index in [1.54, 1.807) is 16.2 Å². The zero-order valence-electron chi connectivity index (χ0n) is 12.3. The van der Waals surface area contributed by atoms with Crippen molar-refractivity contribution in [3.63, 3.8) is 0 Å². The van der Waals surface area contributed by atoms with E-state index >= 15 is 0 Å². The first kappa shape index (κ1) is 14.1. The Labute approximate surface area is 124 Å². The number of carbonyl (C=O) groups excluding carboxylic acids is 1. The summed E-state index contributed by atoms with van der Waals surface area (Å²) in [4.78, 5) is 16.5. The lowest BCUT2D eigenvalue weighted by Crippen LogP contribution is -2.63. The molecule has 2 heterocycles. The Morgan fingerprint density at radius 3 is 3.00 bits per heavy atom. The van der Waals surface area contributed by atoms with Gasteiger partial charge in [0.05, 0.1) is 23.6 Å². The Balaban J connectivity index is 1.67. The summed E-state index contributed by atoms with van der Waals surface area (Å²) in [6, 6.07) is 2.09. The van der Waals surface area contributed by atoms with Crippen LogP contribution in [0, 0.1) is 5.92 Å². The number of β-amino-alcohol motifs (C(OH)–C–C–N with tert-alkyl or cyclic N) is 1. The number of aryl methyl sites for hydroxylation is 1. The van der Waals surface area contributed by atoms with Gasteiger partial charge in [0.2, 0.25) is 0 Å². The Hall–Kier alpha value is -0.870. The predicted octanol–water partition coefficient (Wildman–Crippen LogP) is 2.86. The fraction of sp³-hybridized carbons (Fsp3) is 0.688. The number of nitrogens with zero attached hydrogens (tertiary/aromatic N) is 1. The van der Waals surface area contributed by atoms with Gasteiger partial charge in [-0.3, -0.25) is 4.79 Å². The molecule has 0 bridgehead atoms. The van der Waals surface area contributed by atoms with Gasteiger partial charge >= 0.3 is 0 Å². The van der Waals surface area contributed by atoms with Crippen LogP contribution >= 0.6 is 11.3 Å². The maximum atomic E-state index is 12.4. The Morgan fingerprint density at radius 1 is 1.55 bits per heavy atom. The lowest BCUT2D eigenvalue weighted by molar-refractivity contribution is -0.0858. The van der Waals surface area contributed by atoms with Crippen LogP contribution in [-0.2, 0) is 12.8 Å². The molecule has 1 unspecified atom stereocenters. The molecule has 1 amide bonds. The Morgan fingerprint density at radius 2 is 2.30 bits per heavy atom. The van der Waals surface area contributed by atoms with Crippen molar-refractivity contribution in [1.82, 2.24) is 4.90 Å². The van der Waals surface area contributed by atoms with Gasteiger partial charge in [0.1, 0.15) is 0 Å². The summed E-state index contributed by atoms with van der Waals surface area (Å²) >= 11 is 1.66. The molecule has 1 atom stereocenters. The van der Waals surface area contributed by atoms with Crippen molar-refractivity contribution < 1.29 is 9.90 Å². The van der Waals surface area contributed by atoms with Crippen LogP contribution in [0.3, 0.4) is 0 Å². The molecular formula is C16H23NO2S. The molecular weight excluding hydrogens is 270 g/mol. The lowest BCUT2D eigenvalue weighted by atomic mass is 9.88. The quantitative estimate of drug-likeness (QED) is 0.931. The summed E-state index contributed by atoms with van der Waals surface area (Å²) in [7, 11) is 0. The fourth-order valence-electron chi connectivity index (χ4n) is 3.40. The first-order valence-electron chi connectivity index (χ1n) is 7.64. The van der Waals surface area contributed by atoms with Crippen molar-refractivity contribution in [2.75, 3.05) is 13.1 Å². The van der Waals surface area contributed by atoms with E-state index in [1.165, 1.54) is 16.9 Å². The van der Waals surface area contributed by atoms with E-state index < -0.39 is 5.60 Å². The highest BCUT2D eigenvalue weighted by molar-refractivity contribution is 7.14. The molecule has 1 saturated heterocycles. The number of aliphatic hydroxyl groups is 1. The second-order valence-electron chi connectivity index (χ2n) is 6.54. The Kier molecular flexibility index (Phi) is 3.63. The molecule has 2 aliphatic rings. The van der Waals surface area contributed by atoms with E-state index in [4.69, 9.17) is 0 Å². The number of likely N-dealkylation sites (tertiary alicyclic amines) is 1. The second-order valence-corrected chi connectivity index (χ2v) is 7.68. The highest BCUT2D eigenvalue weighted by atomic mass is 32.1. The van der Waals surface area contributed by atoms with Crippen molar-refractivity contribution in [2.24, 2.45) is 5.92 Å². The van der Waals surface area contributed by atoms with Gasteiger partial charge < -0.3 is 10.0 Å². The predicted molar refractivity (Wildman–Crippen MR) is 81.3 cm³/mol. The number of hydrogen-bond donors (Lipinski definition) is 1. The monoisotopic (exact) mass is 293 g/mol. The summed E-state index contributed by atoms with van der Waals surface area (Å²) in [5.74, 6) is 0.844. The molecule has 1 aromatic rings. The van der Waals surface area contributed by atoms with Gasteiger partial charge in [0, 0.05) is 4.88 Å². The average Bonchev–Trinajstić information content (AvgIpc) is 2.78. The first-order valence-corrected chi connectivity index (χ1v) is 8.45. The smallest absolute Gasteiger partial charge is 0.264 e. The number of hydrogen-bond acceptors (Lipinski definition) is 3.